The molecule has 0 spiro atoms. The first-order chi connectivity index (χ1) is 15.9. The molecule has 0 amide bonds. The standard InChI is InChI=1S/C21H19ClF3N5O3S/c1-12-3-4-15(9-16(12)21(23,24)25)34(31,32)30-17-8-14(22)10-28-20(17)19(29-11-33-2)13-5-6-27-18(26)7-13/h3-10,30H,11H2,1-2H3,(H2,26,27)/b29-19+. The van der Waals surface area contributed by atoms with Gasteiger partial charge in [-0.25, -0.2) is 13.4 Å². The maximum Gasteiger partial charge on any atom is 0.416 e. The van der Waals surface area contributed by atoms with Gasteiger partial charge in [0, 0.05) is 25.1 Å². The van der Waals surface area contributed by atoms with E-state index in [9.17, 15) is 21.6 Å². The van der Waals surface area contributed by atoms with Crippen molar-refractivity contribution in [2.45, 2.75) is 18.0 Å². The molecular formula is C21H19ClF3N5O3S. The zero-order valence-corrected chi connectivity index (χ0v) is 19.5. The first-order valence-electron chi connectivity index (χ1n) is 9.54. The van der Waals surface area contributed by atoms with Crippen LogP contribution in [0.5, 0.6) is 0 Å². The third kappa shape index (κ3) is 5.82. The monoisotopic (exact) mass is 513 g/mol. The van der Waals surface area contributed by atoms with Crippen molar-refractivity contribution in [3.05, 3.63) is 76.2 Å². The lowest BCUT2D eigenvalue weighted by Gasteiger charge is -2.16. The molecule has 180 valence electrons. The highest BCUT2D eigenvalue weighted by molar-refractivity contribution is 7.92. The maximum absolute atomic E-state index is 13.3. The van der Waals surface area contributed by atoms with Gasteiger partial charge in [-0.2, -0.15) is 13.2 Å². The van der Waals surface area contributed by atoms with Crippen molar-refractivity contribution in [1.82, 2.24) is 9.97 Å². The van der Waals surface area contributed by atoms with E-state index in [1.165, 1.54) is 38.6 Å². The summed E-state index contributed by atoms with van der Waals surface area (Å²) in [5, 5.41) is 0.0849. The number of alkyl halides is 3. The van der Waals surface area contributed by atoms with Gasteiger partial charge in [-0.3, -0.25) is 14.7 Å². The van der Waals surface area contributed by atoms with Crippen LogP contribution in [-0.2, 0) is 20.9 Å². The van der Waals surface area contributed by atoms with Crippen LogP contribution >= 0.6 is 11.6 Å². The van der Waals surface area contributed by atoms with Gasteiger partial charge in [-0.1, -0.05) is 17.7 Å². The number of hydrogen-bond donors (Lipinski definition) is 2. The van der Waals surface area contributed by atoms with Crippen molar-refractivity contribution in [1.29, 1.82) is 0 Å². The summed E-state index contributed by atoms with van der Waals surface area (Å²) >= 11 is 6.04. The Morgan fingerprint density at radius 2 is 1.94 bits per heavy atom. The van der Waals surface area contributed by atoms with Crippen molar-refractivity contribution in [3.8, 4) is 0 Å². The summed E-state index contributed by atoms with van der Waals surface area (Å²) in [4.78, 5) is 11.8. The Bertz CT molecular complexity index is 1350. The van der Waals surface area contributed by atoms with E-state index in [0.717, 1.165) is 12.1 Å². The van der Waals surface area contributed by atoms with Crippen LogP contribution in [0.2, 0.25) is 5.02 Å². The number of aryl methyl sites for hydroxylation is 1. The zero-order valence-electron chi connectivity index (χ0n) is 17.9. The average Bonchev–Trinajstić information content (AvgIpc) is 2.74. The highest BCUT2D eigenvalue weighted by Crippen LogP contribution is 2.34. The summed E-state index contributed by atoms with van der Waals surface area (Å²) in [7, 11) is -3.06. The lowest BCUT2D eigenvalue weighted by molar-refractivity contribution is -0.138. The number of benzene rings is 1. The van der Waals surface area contributed by atoms with E-state index < -0.39 is 26.7 Å². The number of sulfonamides is 1. The number of nitrogen functional groups attached to an aromatic ring is 1. The van der Waals surface area contributed by atoms with Gasteiger partial charge in [0.05, 0.1) is 26.9 Å². The van der Waals surface area contributed by atoms with Gasteiger partial charge in [0.1, 0.15) is 18.2 Å². The van der Waals surface area contributed by atoms with Crippen LogP contribution in [0.25, 0.3) is 0 Å². The predicted octanol–water partition coefficient (Wildman–Crippen LogP) is 4.28. The molecule has 3 aromatic rings. The number of nitrogens with two attached hydrogens (primary N) is 1. The van der Waals surface area contributed by atoms with Crippen LogP contribution in [0, 0.1) is 6.92 Å². The lowest BCUT2D eigenvalue weighted by Crippen LogP contribution is -2.19. The fourth-order valence-electron chi connectivity index (χ4n) is 3.01. The van der Waals surface area contributed by atoms with E-state index in [4.69, 9.17) is 22.1 Å². The molecule has 2 heterocycles. The molecule has 0 fully saturated rings. The first-order valence-corrected chi connectivity index (χ1v) is 11.4. The third-order valence-electron chi connectivity index (χ3n) is 4.55. The van der Waals surface area contributed by atoms with Crippen LogP contribution in [0.4, 0.5) is 24.7 Å². The minimum Gasteiger partial charge on any atom is -0.384 e. The number of rotatable bonds is 7. The Kier molecular flexibility index (Phi) is 7.44. The molecule has 0 saturated heterocycles. The van der Waals surface area contributed by atoms with Crippen molar-refractivity contribution in [3.63, 3.8) is 0 Å². The molecule has 0 aliphatic carbocycles. The molecule has 3 rings (SSSR count). The number of anilines is 2. The topological polar surface area (TPSA) is 120 Å². The summed E-state index contributed by atoms with van der Waals surface area (Å²) in [5.74, 6) is 0.179. The van der Waals surface area contributed by atoms with Gasteiger partial charge in [0.25, 0.3) is 10.0 Å². The Labute approximate surface area is 198 Å². The third-order valence-corrected chi connectivity index (χ3v) is 6.12. The van der Waals surface area contributed by atoms with Crippen molar-refractivity contribution in [2.24, 2.45) is 4.99 Å². The maximum atomic E-state index is 13.3. The molecule has 8 nitrogen and oxygen atoms in total. The molecule has 2 aromatic heterocycles. The minimum atomic E-state index is -4.72. The van der Waals surface area contributed by atoms with E-state index in [0.29, 0.717) is 11.6 Å². The van der Waals surface area contributed by atoms with Crippen LogP contribution in [0.3, 0.4) is 0 Å². The fraction of sp³-hybridized carbons (Fsp3) is 0.190. The second kappa shape index (κ2) is 9.95. The van der Waals surface area contributed by atoms with E-state index in [1.54, 1.807) is 6.07 Å². The number of nitrogens with one attached hydrogen (secondary N) is 1. The van der Waals surface area contributed by atoms with E-state index in [-0.39, 0.29) is 40.2 Å². The average molecular weight is 514 g/mol. The SMILES string of the molecule is COC/N=C(\c1ccnc(N)c1)c1ncc(Cl)cc1NS(=O)(=O)c1ccc(C)c(C(F)(F)F)c1. The molecule has 1 aromatic carbocycles. The molecule has 0 atom stereocenters. The smallest absolute Gasteiger partial charge is 0.384 e. The van der Waals surface area contributed by atoms with E-state index in [1.807, 2.05) is 0 Å². The number of halogens is 4. The highest BCUT2D eigenvalue weighted by atomic mass is 35.5. The van der Waals surface area contributed by atoms with Gasteiger partial charge in [-0.05, 0) is 42.8 Å². The van der Waals surface area contributed by atoms with Gasteiger partial charge in [-0.15, -0.1) is 0 Å². The largest absolute Gasteiger partial charge is 0.416 e. The van der Waals surface area contributed by atoms with Crippen molar-refractivity contribution >= 4 is 38.8 Å². The van der Waals surface area contributed by atoms with Gasteiger partial charge >= 0.3 is 6.18 Å². The number of aliphatic imine (C=N–C) groups is 1. The van der Waals surface area contributed by atoms with Crippen LogP contribution < -0.4 is 10.5 Å². The number of pyridine rings is 2. The second-order valence-corrected chi connectivity index (χ2v) is 9.14. The van der Waals surface area contributed by atoms with Crippen LogP contribution in [-0.4, -0.2) is 37.9 Å². The number of aromatic nitrogens is 2. The molecule has 3 N–H and O–H groups in total. The Morgan fingerprint density at radius 1 is 1.21 bits per heavy atom. The van der Waals surface area contributed by atoms with Crippen molar-refractivity contribution < 1.29 is 26.3 Å². The number of methoxy groups -OCH3 is 1. The summed E-state index contributed by atoms with van der Waals surface area (Å²) in [6.45, 7) is 1.14. The van der Waals surface area contributed by atoms with E-state index in [2.05, 4.69) is 19.7 Å². The van der Waals surface area contributed by atoms with Crippen LogP contribution in [0.15, 0.2) is 58.7 Å². The number of nitrogens with zero attached hydrogens (tertiary/aromatic N) is 3. The Balaban J connectivity index is 2.12. The highest BCUT2D eigenvalue weighted by Gasteiger charge is 2.34. The fourth-order valence-corrected chi connectivity index (χ4v) is 4.25. The Morgan fingerprint density at radius 3 is 2.59 bits per heavy atom. The summed E-state index contributed by atoms with van der Waals surface area (Å²) in [6, 6.07) is 7.08. The number of ether oxygens (including phenoxy) is 1. The second-order valence-electron chi connectivity index (χ2n) is 7.02. The van der Waals surface area contributed by atoms with Gasteiger partial charge in [0.15, 0.2) is 0 Å². The quantitative estimate of drug-likeness (QED) is 0.455. The Hall–Kier alpha value is -3.22. The molecule has 0 bridgehead atoms. The summed E-state index contributed by atoms with van der Waals surface area (Å²) < 4.78 is 73.3. The number of hydrogen-bond acceptors (Lipinski definition) is 7. The molecule has 13 heteroatoms. The lowest BCUT2D eigenvalue weighted by atomic mass is 10.1. The van der Waals surface area contributed by atoms with Gasteiger partial charge in [0.2, 0.25) is 0 Å². The molecule has 0 aliphatic rings. The zero-order chi connectivity index (χ0) is 25.1. The summed E-state index contributed by atoms with van der Waals surface area (Å²) in [5.41, 5.74) is 5.19. The predicted molar refractivity (Wildman–Crippen MR) is 122 cm³/mol. The summed E-state index contributed by atoms with van der Waals surface area (Å²) in [6.07, 6.45) is -2.02. The molecular weight excluding hydrogens is 495 g/mol. The van der Waals surface area contributed by atoms with Gasteiger partial charge < -0.3 is 10.5 Å². The van der Waals surface area contributed by atoms with Crippen molar-refractivity contribution in [2.75, 3.05) is 24.3 Å². The molecule has 34 heavy (non-hydrogen) atoms. The molecule has 0 saturated carbocycles. The van der Waals surface area contributed by atoms with Crippen LogP contribution in [0.1, 0.15) is 22.4 Å². The first kappa shape index (κ1) is 25.4. The normalized spacial score (nSPS) is 12.6. The molecule has 0 radical (unpaired) electrons. The molecule has 0 unspecified atom stereocenters. The minimum absolute atomic E-state index is 0.0544. The molecule has 0 aliphatic heterocycles. The van der Waals surface area contributed by atoms with E-state index >= 15 is 0 Å².